The van der Waals surface area contributed by atoms with Gasteiger partial charge in [0.05, 0.1) is 11.4 Å². The second kappa shape index (κ2) is 11.2. The van der Waals surface area contributed by atoms with Gasteiger partial charge < -0.3 is 15.8 Å². The first kappa shape index (κ1) is 23.8. The van der Waals surface area contributed by atoms with Gasteiger partial charge in [-0.05, 0) is 42.5 Å². The molecule has 2 aliphatic rings. The fourth-order valence-electron chi connectivity index (χ4n) is 5.34. The molecule has 0 saturated heterocycles. The summed E-state index contributed by atoms with van der Waals surface area (Å²) in [6.07, 6.45) is 4.22. The van der Waals surface area contributed by atoms with Gasteiger partial charge in [-0.2, -0.15) is 10.2 Å². The summed E-state index contributed by atoms with van der Waals surface area (Å²) in [6, 6.07) is 27.8. The topological polar surface area (TPSA) is 89.1 Å². The van der Waals surface area contributed by atoms with Gasteiger partial charge in [-0.1, -0.05) is 85.6 Å². The number of nitrogens with one attached hydrogen (secondary N) is 1. The van der Waals surface area contributed by atoms with Crippen LogP contribution in [0.2, 0.25) is 0 Å². The lowest BCUT2D eigenvalue weighted by Crippen LogP contribution is -2.45. The molecule has 3 unspecified atom stereocenters. The van der Waals surface area contributed by atoms with Gasteiger partial charge in [0.25, 0.3) is 0 Å². The summed E-state index contributed by atoms with van der Waals surface area (Å²) in [7, 11) is 0. The molecule has 3 N–H and O–H groups in total. The Balaban J connectivity index is 1.47. The molecule has 1 aliphatic carbocycles. The Bertz CT molecular complexity index is 1240. The fraction of sp³-hybridized carbons (Fsp3) is 0.300. The molecule has 1 heterocycles. The Kier molecular flexibility index (Phi) is 7.41. The SMILES string of the molecule is Nc1cccc(C2=NN=C(c3ccccc3)C3CCCCCC(OC(=O)NCc4ccccc4)C23)c1. The van der Waals surface area contributed by atoms with Crippen LogP contribution in [0.4, 0.5) is 10.5 Å². The van der Waals surface area contributed by atoms with Crippen LogP contribution in [0.3, 0.4) is 0 Å². The number of hydrogen-bond donors (Lipinski definition) is 2. The highest BCUT2D eigenvalue weighted by Crippen LogP contribution is 2.38. The summed E-state index contributed by atoms with van der Waals surface area (Å²) >= 11 is 0. The third kappa shape index (κ3) is 5.48. The number of rotatable bonds is 5. The number of anilines is 1. The zero-order valence-electron chi connectivity index (χ0n) is 20.3. The van der Waals surface area contributed by atoms with Crippen LogP contribution in [0.15, 0.2) is 95.1 Å². The van der Waals surface area contributed by atoms with Crippen LogP contribution in [0.25, 0.3) is 0 Å². The van der Waals surface area contributed by atoms with Crippen LogP contribution in [0.5, 0.6) is 0 Å². The molecule has 5 rings (SSSR count). The van der Waals surface area contributed by atoms with Crippen molar-refractivity contribution >= 4 is 23.2 Å². The molecule has 1 fully saturated rings. The molecule has 184 valence electrons. The fourth-order valence-corrected chi connectivity index (χ4v) is 5.34. The third-order valence-corrected chi connectivity index (χ3v) is 7.06. The summed E-state index contributed by atoms with van der Waals surface area (Å²) in [5, 5.41) is 12.4. The van der Waals surface area contributed by atoms with Crippen LogP contribution in [-0.2, 0) is 11.3 Å². The maximum atomic E-state index is 13.0. The van der Waals surface area contributed by atoms with Gasteiger partial charge in [0.15, 0.2) is 0 Å². The molecule has 6 heteroatoms. The Morgan fingerprint density at radius 1 is 0.833 bits per heavy atom. The van der Waals surface area contributed by atoms with Crippen LogP contribution in [-0.4, -0.2) is 23.6 Å². The quantitative estimate of drug-likeness (QED) is 0.441. The van der Waals surface area contributed by atoms with Gasteiger partial charge >= 0.3 is 6.09 Å². The second-order valence-electron chi connectivity index (χ2n) is 9.52. The van der Waals surface area contributed by atoms with Gasteiger partial charge in [0.1, 0.15) is 6.10 Å². The molecule has 0 bridgehead atoms. The average molecular weight is 481 g/mol. The van der Waals surface area contributed by atoms with E-state index in [1.54, 1.807) is 0 Å². The van der Waals surface area contributed by atoms with E-state index in [0.29, 0.717) is 12.2 Å². The van der Waals surface area contributed by atoms with E-state index >= 15 is 0 Å². The highest BCUT2D eigenvalue weighted by Gasteiger charge is 2.42. The highest BCUT2D eigenvalue weighted by atomic mass is 16.6. The molecular weight excluding hydrogens is 448 g/mol. The lowest BCUT2D eigenvalue weighted by atomic mass is 9.71. The van der Waals surface area contributed by atoms with Crippen molar-refractivity contribution in [2.24, 2.45) is 22.0 Å². The monoisotopic (exact) mass is 480 g/mol. The lowest BCUT2D eigenvalue weighted by Gasteiger charge is -2.38. The summed E-state index contributed by atoms with van der Waals surface area (Å²) in [4.78, 5) is 13.0. The molecule has 0 aromatic heterocycles. The normalized spacial score (nSPS) is 21.7. The third-order valence-electron chi connectivity index (χ3n) is 7.06. The molecule has 6 nitrogen and oxygen atoms in total. The molecule has 36 heavy (non-hydrogen) atoms. The number of fused-ring (bicyclic) bond motifs is 1. The van der Waals surface area contributed by atoms with Gasteiger partial charge in [-0.15, -0.1) is 0 Å². The Morgan fingerprint density at radius 3 is 2.31 bits per heavy atom. The minimum absolute atomic E-state index is 0.0913. The first-order valence-electron chi connectivity index (χ1n) is 12.7. The number of nitrogen functional groups attached to an aromatic ring is 1. The smallest absolute Gasteiger partial charge is 0.407 e. The highest BCUT2D eigenvalue weighted by molar-refractivity contribution is 6.12. The number of carbonyl (C=O) groups is 1. The van der Waals surface area contributed by atoms with Crippen LogP contribution in [0.1, 0.15) is 48.8 Å². The predicted octanol–water partition coefficient (Wildman–Crippen LogP) is 5.97. The standard InChI is InChI=1S/C30H32N4O2/c31-24-16-10-15-23(19-24)29-27-25(28(33-34-29)22-13-6-2-7-14-22)17-8-3-9-18-26(27)36-30(35)32-20-21-11-4-1-5-12-21/h1-2,4-7,10-16,19,25-27H,3,8-9,17-18,20,31H2,(H,32,35). The van der Waals surface area contributed by atoms with Crippen molar-refractivity contribution in [3.63, 3.8) is 0 Å². The van der Waals surface area contributed by atoms with E-state index in [2.05, 4.69) is 17.4 Å². The number of alkyl carbamates (subject to hydrolysis) is 1. The number of nitrogens with two attached hydrogens (primary N) is 1. The number of nitrogens with zero attached hydrogens (tertiary/aromatic N) is 2. The number of benzene rings is 3. The molecule has 0 spiro atoms. The number of ether oxygens (including phenoxy) is 1. The summed E-state index contributed by atoms with van der Waals surface area (Å²) in [5.74, 6) is -0.0177. The molecule has 3 atom stereocenters. The van der Waals surface area contributed by atoms with E-state index in [-0.39, 0.29) is 17.9 Å². The van der Waals surface area contributed by atoms with Gasteiger partial charge in [0, 0.05) is 29.6 Å². The first-order chi connectivity index (χ1) is 17.7. The van der Waals surface area contributed by atoms with Crippen molar-refractivity contribution in [1.29, 1.82) is 0 Å². The molecule has 3 aromatic rings. The predicted molar refractivity (Wildman–Crippen MR) is 144 cm³/mol. The molecular formula is C30H32N4O2. The number of hydrogen-bond acceptors (Lipinski definition) is 5. The number of amides is 1. The average Bonchev–Trinajstić information content (AvgIpc) is 2.90. The van der Waals surface area contributed by atoms with E-state index in [9.17, 15) is 4.79 Å². The molecule has 1 aliphatic heterocycles. The molecule has 1 saturated carbocycles. The lowest BCUT2D eigenvalue weighted by molar-refractivity contribution is 0.0577. The molecule has 0 radical (unpaired) electrons. The first-order valence-corrected chi connectivity index (χ1v) is 12.7. The molecule has 1 amide bonds. The summed E-state index contributed by atoms with van der Waals surface area (Å²) in [6.45, 7) is 0.424. The van der Waals surface area contributed by atoms with Crippen LogP contribution < -0.4 is 11.1 Å². The van der Waals surface area contributed by atoms with Crippen molar-refractivity contribution in [3.8, 4) is 0 Å². The van der Waals surface area contributed by atoms with Gasteiger partial charge in [0.2, 0.25) is 0 Å². The maximum absolute atomic E-state index is 13.0. The van der Waals surface area contributed by atoms with Crippen molar-refractivity contribution < 1.29 is 9.53 Å². The van der Waals surface area contributed by atoms with Crippen LogP contribution in [0, 0.1) is 11.8 Å². The largest absolute Gasteiger partial charge is 0.446 e. The van der Waals surface area contributed by atoms with E-state index in [1.807, 2.05) is 72.8 Å². The minimum atomic E-state index is -0.404. The van der Waals surface area contributed by atoms with Crippen LogP contribution >= 0.6 is 0 Å². The maximum Gasteiger partial charge on any atom is 0.407 e. The van der Waals surface area contributed by atoms with Crippen molar-refractivity contribution in [2.45, 2.75) is 44.8 Å². The Morgan fingerprint density at radius 2 is 1.53 bits per heavy atom. The minimum Gasteiger partial charge on any atom is -0.446 e. The van der Waals surface area contributed by atoms with Gasteiger partial charge in [-0.25, -0.2) is 4.79 Å². The second-order valence-corrected chi connectivity index (χ2v) is 9.52. The van der Waals surface area contributed by atoms with Crippen molar-refractivity contribution in [3.05, 3.63) is 102 Å². The number of carbonyl (C=O) groups excluding carboxylic acids is 1. The van der Waals surface area contributed by atoms with E-state index in [4.69, 9.17) is 20.7 Å². The zero-order valence-corrected chi connectivity index (χ0v) is 20.3. The summed E-state index contributed by atoms with van der Waals surface area (Å²) in [5.41, 5.74) is 11.6. The zero-order chi connectivity index (χ0) is 24.7. The Labute approximate surface area is 212 Å². The van der Waals surface area contributed by atoms with E-state index < -0.39 is 6.09 Å². The summed E-state index contributed by atoms with van der Waals surface area (Å²) < 4.78 is 6.17. The molecule has 3 aromatic carbocycles. The van der Waals surface area contributed by atoms with Crippen molar-refractivity contribution in [1.82, 2.24) is 5.32 Å². The van der Waals surface area contributed by atoms with E-state index in [1.165, 1.54) is 0 Å². The van der Waals surface area contributed by atoms with Crippen molar-refractivity contribution in [2.75, 3.05) is 5.73 Å². The van der Waals surface area contributed by atoms with E-state index in [0.717, 1.165) is 60.2 Å². The van der Waals surface area contributed by atoms with Gasteiger partial charge in [-0.3, -0.25) is 0 Å². The Hall–Kier alpha value is -3.93.